The van der Waals surface area contributed by atoms with Gasteiger partial charge in [-0.25, -0.2) is 13.1 Å². The lowest BCUT2D eigenvalue weighted by molar-refractivity contribution is -0.384. The quantitative estimate of drug-likeness (QED) is 0.558. The van der Waals surface area contributed by atoms with Crippen molar-refractivity contribution < 1.29 is 13.3 Å². The molecule has 0 aliphatic heterocycles. The molecular weight excluding hydrogens is 314 g/mol. The van der Waals surface area contributed by atoms with Crippen LogP contribution in [0.5, 0.6) is 0 Å². The third-order valence-corrected chi connectivity index (χ3v) is 5.18. The smallest absolute Gasteiger partial charge is 0.293 e. The van der Waals surface area contributed by atoms with Gasteiger partial charge in [-0.05, 0) is 24.8 Å². The second kappa shape index (κ2) is 7.62. The van der Waals surface area contributed by atoms with E-state index in [4.69, 9.17) is 0 Å². The Morgan fingerprint density at radius 2 is 2.10 bits per heavy atom. The Bertz CT molecular complexity index is 605. The van der Waals surface area contributed by atoms with Gasteiger partial charge in [0.25, 0.3) is 5.69 Å². The molecule has 0 bridgehead atoms. The summed E-state index contributed by atoms with van der Waals surface area (Å²) < 4.78 is 27.1. The van der Waals surface area contributed by atoms with Crippen LogP contribution in [0.2, 0.25) is 0 Å². The summed E-state index contributed by atoms with van der Waals surface area (Å²) in [4.78, 5) is 10.3. The predicted octanol–water partition coefficient (Wildman–Crippen LogP) is 2.06. The van der Waals surface area contributed by atoms with Gasteiger partial charge in [0.2, 0.25) is 10.0 Å². The maximum absolute atomic E-state index is 12.3. The van der Waals surface area contributed by atoms with Gasteiger partial charge in [0.1, 0.15) is 5.69 Å². The monoisotopic (exact) mass is 333 g/mol. The third kappa shape index (κ3) is 4.58. The van der Waals surface area contributed by atoms with Crippen molar-refractivity contribution in [3.8, 4) is 0 Å². The van der Waals surface area contributed by atoms with E-state index in [0.29, 0.717) is 12.2 Å². The van der Waals surface area contributed by atoms with Gasteiger partial charge in [0.05, 0.1) is 9.82 Å². The zero-order chi connectivity index (χ0) is 16.0. The number of nitrogens with zero attached hydrogens (tertiary/aromatic N) is 1. The van der Waals surface area contributed by atoms with Crippen molar-refractivity contribution >= 4 is 33.2 Å². The molecule has 1 rings (SSSR count). The molecule has 0 aliphatic carbocycles. The lowest BCUT2D eigenvalue weighted by Gasteiger charge is -2.16. The molecule has 0 amide bonds. The predicted molar refractivity (Wildman–Crippen MR) is 85.4 cm³/mol. The summed E-state index contributed by atoms with van der Waals surface area (Å²) in [7, 11) is -2.23. The summed E-state index contributed by atoms with van der Waals surface area (Å²) in [6.45, 7) is 1.88. The Labute approximate surface area is 128 Å². The van der Waals surface area contributed by atoms with Crippen molar-refractivity contribution in [2.24, 2.45) is 0 Å². The van der Waals surface area contributed by atoms with Crippen LogP contribution in [0.4, 0.5) is 11.4 Å². The van der Waals surface area contributed by atoms with E-state index in [-0.39, 0.29) is 22.3 Å². The summed E-state index contributed by atoms with van der Waals surface area (Å²) >= 11 is 1.54. The molecule has 0 heterocycles. The Kier molecular flexibility index (Phi) is 6.43. The number of anilines is 1. The average molecular weight is 333 g/mol. The first-order chi connectivity index (χ1) is 9.85. The lowest BCUT2D eigenvalue weighted by atomic mass is 10.3. The molecule has 1 aromatic carbocycles. The Balaban J connectivity index is 3.14. The lowest BCUT2D eigenvalue weighted by Crippen LogP contribution is -2.36. The molecule has 9 heteroatoms. The summed E-state index contributed by atoms with van der Waals surface area (Å²) in [5.41, 5.74) is 0.00777. The molecule has 0 fully saturated rings. The highest BCUT2D eigenvalue weighted by Crippen LogP contribution is 2.27. The zero-order valence-corrected chi connectivity index (χ0v) is 13.8. The van der Waals surface area contributed by atoms with E-state index in [1.54, 1.807) is 7.05 Å². The topological polar surface area (TPSA) is 101 Å². The van der Waals surface area contributed by atoms with Gasteiger partial charge in [-0.3, -0.25) is 10.1 Å². The van der Waals surface area contributed by atoms with Crippen LogP contribution >= 0.6 is 11.8 Å². The molecule has 1 aromatic rings. The van der Waals surface area contributed by atoms with Crippen LogP contribution in [-0.2, 0) is 10.0 Å². The number of hydrogen-bond donors (Lipinski definition) is 2. The molecule has 1 atom stereocenters. The van der Waals surface area contributed by atoms with Crippen molar-refractivity contribution in [3.63, 3.8) is 0 Å². The molecule has 0 aromatic heterocycles. The van der Waals surface area contributed by atoms with Gasteiger partial charge in [-0.15, -0.1) is 0 Å². The van der Waals surface area contributed by atoms with Crippen LogP contribution in [0.3, 0.4) is 0 Å². The summed E-state index contributed by atoms with van der Waals surface area (Å²) in [5.74, 6) is 0.645. The normalized spacial score (nSPS) is 12.9. The molecule has 21 heavy (non-hydrogen) atoms. The Morgan fingerprint density at radius 1 is 1.43 bits per heavy atom. The standard InChI is InChI=1S/C12H19N3O4S2/c1-4-9(8-20-3)14-21(18,19)10-5-6-11(13-2)12(7-10)15(16)17/h5-7,9,13-14H,4,8H2,1-3H3. The first-order valence-electron chi connectivity index (χ1n) is 6.33. The minimum Gasteiger partial charge on any atom is -0.383 e. The summed E-state index contributed by atoms with van der Waals surface area (Å²) in [6, 6.07) is 3.61. The van der Waals surface area contributed by atoms with Gasteiger partial charge >= 0.3 is 0 Å². The fourth-order valence-corrected chi connectivity index (χ4v) is 3.93. The molecule has 0 radical (unpaired) electrons. The fraction of sp³-hybridized carbons (Fsp3) is 0.500. The molecule has 0 saturated heterocycles. The molecule has 2 N–H and O–H groups in total. The number of sulfonamides is 1. The van der Waals surface area contributed by atoms with Crippen molar-refractivity contribution in [2.45, 2.75) is 24.3 Å². The number of hydrogen-bond acceptors (Lipinski definition) is 6. The first-order valence-corrected chi connectivity index (χ1v) is 9.20. The largest absolute Gasteiger partial charge is 0.383 e. The fourth-order valence-electron chi connectivity index (χ4n) is 1.76. The highest BCUT2D eigenvalue weighted by Gasteiger charge is 2.23. The molecule has 118 valence electrons. The van der Waals surface area contributed by atoms with Crippen molar-refractivity contribution in [3.05, 3.63) is 28.3 Å². The molecule has 7 nitrogen and oxygen atoms in total. The van der Waals surface area contributed by atoms with E-state index in [2.05, 4.69) is 10.0 Å². The summed E-state index contributed by atoms with van der Waals surface area (Å²) in [5, 5.41) is 13.7. The van der Waals surface area contributed by atoms with Crippen LogP contribution in [0.15, 0.2) is 23.1 Å². The maximum atomic E-state index is 12.3. The maximum Gasteiger partial charge on any atom is 0.293 e. The molecular formula is C12H19N3O4S2. The zero-order valence-electron chi connectivity index (χ0n) is 12.1. The number of nitro benzene ring substituents is 1. The Morgan fingerprint density at radius 3 is 2.57 bits per heavy atom. The average Bonchev–Trinajstić information content (AvgIpc) is 2.45. The van der Waals surface area contributed by atoms with E-state index in [0.717, 1.165) is 6.07 Å². The molecule has 0 spiro atoms. The van der Waals surface area contributed by atoms with E-state index in [1.807, 2.05) is 13.2 Å². The van der Waals surface area contributed by atoms with Gasteiger partial charge in [-0.2, -0.15) is 11.8 Å². The van der Waals surface area contributed by atoms with Crippen molar-refractivity contribution in [1.29, 1.82) is 0 Å². The second-order valence-corrected chi connectivity index (χ2v) is 6.99. The molecule has 1 unspecified atom stereocenters. The van der Waals surface area contributed by atoms with E-state index >= 15 is 0 Å². The number of thioether (sulfide) groups is 1. The minimum absolute atomic E-state index is 0.104. The SMILES string of the molecule is CCC(CSC)NS(=O)(=O)c1ccc(NC)c([N+](=O)[O-])c1. The summed E-state index contributed by atoms with van der Waals surface area (Å²) in [6.07, 6.45) is 2.54. The van der Waals surface area contributed by atoms with Crippen LogP contribution in [-0.4, -0.2) is 38.4 Å². The third-order valence-electron chi connectivity index (χ3n) is 2.93. The molecule has 0 saturated carbocycles. The number of nitrogens with one attached hydrogen (secondary N) is 2. The molecule has 0 aliphatic rings. The van der Waals surface area contributed by atoms with Crippen molar-refractivity contribution in [2.75, 3.05) is 24.4 Å². The number of nitro groups is 1. The van der Waals surface area contributed by atoms with Crippen LogP contribution < -0.4 is 10.0 Å². The first kappa shape index (κ1) is 17.7. The van der Waals surface area contributed by atoms with Crippen LogP contribution in [0, 0.1) is 10.1 Å². The van der Waals surface area contributed by atoms with E-state index in [1.165, 1.54) is 23.9 Å². The van der Waals surface area contributed by atoms with Gasteiger partial charge in [-0.1, -0.05) is 6.92 Å². The number of benzene rings is 1. The van der Waals surface area contributed by atoms with Crippen LogP contribution in [0.1, 0.15) is 13.3 Å². The highest BCUT2D eigenvalue weighted by atomic mass is 32.2. The van der Waals surface area contributed by atoms with Gasteiger partial charge < -0.3 is 5.32 Å². The Hall–Kier alpha value is -1.32. The highest BCUT2D eigenvalue weighted by molar-refractivity contribution is 7.98. The number of rotatable bonds is 8. The van der Waals surface area contributed by atoms with E-state index in [9.17, 15) is 18.5 Å². The minimum atomic E-state index is -3.77. The van der Waals surface area contributed by atoms with Gasteiger partial charge in [0.15, 0.2) is 0 Å². The van der Waals surface area contributed by atoms with Crippen molar-refractivity contribution in [1.82, 2.24) is 4.72 Å². The van der Waals surface area contributed by atoms with Crippen LogP contribution in [0.25, 0.3) is 0 Å². The second-order valence-electron chi connectivity index (χ2n) is 4.37. The van der Waals surface area contributed by atoms with E-state index < -0.39 is 14.9 Å². The van der Waals surface area contributed by atoms with Gasteiger partial charge in [0, 0.05) is 24.9 Å².